The number of aliphatic hydroxyl groups excluding tert-OH is 1. The third-order valence-corrected chi connectivity index (χ3v) is 3.73. The Morgan fingerprint density at radius 1 is 1.45 bits per heavy atom. The van der Waals surface area contributed by atoms with E-state index in [4.69, 9.17) is 0 Å². The first-order valence-corrected chi connectivity index (χ1v) is 7.40. The van der Waals surface area contributed by atoms with Gasteiger partial charge in [-0.2, -0.15) is 5.10 Å². The number of benzene rings is 1. The van der Waals surface area contributed by atoms with Crippen molar-refractivity contribution in [2.45, 2.75) is 25.9 Å². The van der Waals surface area contributed by atoms with E-state index in [1.807, 2.05) is 38.2 Å². The molecule has 2 rings (SSSR count). The van der Waals surface area contributed by atoms with Gasteiger partial charge >= 0.3 is 0 Å². The summed E-state index contributed by atoms with van der Waals surface area (Å²) < 4.78 is 1.01. The molecule has 1 heterocycles. The van der Waals surface area contributed by atoms with E-state index in [2.05, 4.69) is 36.0 Å². The summed E-state index contributed by atoms with van der Waals surface area (Å²) in [6, 6.07) is 7.92. The van der Waals surface area contributed by atoms with Crippen LogP contribution < -0.4 is 0 Å². The molecule has 0 saturated heterocycles. The minimum atomic E-state index is -0.0670. The van der Waals surface area contributed by atoms with Crippen LogP contribution >= 0.6 is 15.9 Å². The van der Waals surface area contributed by atoms with Gasteiger partial charge in [-0.1, -0.05) is 35.0 Å². The average molecular weight is 339 g/mol. The van der Waals surface area contributed by atoms with Crippen LogP contribution in [-0.4, -0.2) is 38.8 Å². The molecule has 0 aliphatic heterocycles. The van der Waals surface area contributed by atoms with E-state index in [-0.39, 0.29) is 12.6 Å². The molecule has 0 spiro atoms. The van der Waals surface area contributed by atoms with Gasteiger partial charge < -0.3 is 5.11 Å². The quantitative estimate of drug-likeness (QED) is 0.848. The van der Waals surface area contributed by atoms with Gasteiger partial charge in [0.05, 0.1) is 19.2 Å². The monoisotopic (exact) mass is 338 g/mol. The Kier molecular flexibility index (Phi) is 5.28. The van der Waals surface area contributed by atoms with Crippen molar-refractivity contribution >= 4 is 15.9 Å². The smallest absolute Gasteiger partial charge is 0.150 e. The van der Waals surface area contributed by atoms with Gasteiger partial charge in [0.25, 0.3) is 0 Å². The molecule has 0 radical (unpaired) electrons. The Morgan fingerprint density at radius 2 is 2.25 bits per heavy atom. The fourth-order valence-electron chi connectivity index (χ4n) is 2.12. The van der Waals surface area contributed by atoms with Crippen molar-refractivity contribution < 1.29 is 5.11 Å². The van der Waals surface area contributed by atoms with E-state index >= 15 is 0 Å². The number of hydrogen-bond acceptors (Lipinski definition) is 4. The van der Waals surface area contributed by atoms with Crippen LogP contribution in [0.1, 0.15) is 30.2 Å². The zero-order valence-electron chi connectivity index (χ0n) is 11.7. The van der Waals surface area contributed by atoms with E-state index in [9.17, 15) is 5.11 Å². The fraction of sp³-hybridized carbons (Fsp3) is 0.429. The predicted octanol–water partition coefficient (Wildman–Crippen LogP) is 2.30. The van der Waals surface area contributed by atoms with Crippen LogP contribution in [0.4, 0.5) is 0 Å². The van der Waals surface area contributed by atoms with Crippen molar-refractivity contribution in [3.8, 4) is 0 Å². The second-order valence-electron chi connectivity index (χ2n) is 4.72. The first-order valence-electron chi connectivity index (χ1n) is 6.60. The Bertz CT molecular complexity index is 558. The molecule has 2 aromatic rings. The van der Waals surface area contributed by atoms with Gasteiger partial charge in [0, 0.05) is 10.9 Å². The molecule has 0 saturated carbocycles. The zero-order chi connectivity index (χ0) is 14.5. The fourth-order valence-corrected chi connectivity index (χ4v) is 2.54. The number of aliphatic hydroxyl groups is 1. The van der Waals surface area contributed by atoms with Crippen LogP contribution in [0.5, 0.6) is 0 Å². The summed E-state index contributed by atoms with van der Waals surface area (Å²) in [6.07, 6.45) is 0.815. The average Bonchev–Trinajstić information content (AvgIpc) is 2.87. The molecule has 1 aromatic carbocycles. The largest absolute Gasteiger partial charge is 0.394 e. The van der Waals surface area contributed by atoms with E-state index in [0.29, 0.717) is 6.54 Å². The highest BCUT2D eigenvalue weighted by atomic mass is 79.9. The second-order valence-corrected chi connectivity index (χ2v) is 5.64. The first kappa shape index (κ1) is 15.2. The van der Waals surface area contributed by atoms with Gasteiger partial charge in [-0.15, -0.1) is 0 Å². The Labute approximate surface area is 127 Å². The van der Waals surface area contributed by atoms with Crippen molar-refractivity contribution in [1.82, 2.24) is 20.1 Å². The van der Waals surface area contributed by atoms with Crippen molar-refractivity contribution in [3.05, 3.63) is 46.0 Å². The number of hydrogen-bond donors (Lipinski definition) is 2. The normalized spacial score (nSPS) is 12.8. The summed E-state index contributed by atoms with van der Waals surface area (Å²) in [4.78, 5) is 6.45. The van der Waals surface area contributed by atoms with E-state index in [1.165, 1.54) is 0 Å². The molecule has 6 heteroatoms. The van der Waals surface area contributed by atoms with E-state index in [1.54, 1.807) is 0 Å². The standard InChI is InChI=1S/C14H19BrN4O/c1-3-13-16-14(18-17-13)8-19(2)12(9-20)10-5-4-6-11(15)7-10/h4-7,12,20H,3,8-9H2,1-2H3,(H,16,17,18)/t12-/m0/s1. The highest BCUT2D eigenvalue weighted by molar-refractivity contribution is 9.10. The van der Waals surface area contributed by atoms with Crippen LogP contribution in [0.15, 0.2) is 28.7 Å². The maximum Gasteiger partial charge on any atom is 0.150 e. The number of aromatic amines is 1. The lowest BCUT2D eigenvalue weighted by Crippen LogP contribution is -2.27. The molecular formula is C14H19BrN4O. The lowest BCUT2D eigenvalue weighted by atomic mass is 10.1. The maximum atomic E-state index is 9.67. The van der Waals surface area contributed by atoms with Gasteiger partial charge in [-0.05, 0) is 24.7 Å². The molecule has 0 bridgehead atoms. The maximum absolute atomic E-state index is 9.67. The SMILES string of the molecule is CCc1n[nH]c(CN(C)[C@@H](CO)c2cccc(Br)c2)n1. The molecule has 0 aliphatic carbocycles. The van der Waals surface area contributed by atoms with Crippen LogP contribution in [0.3, 0.4) is 0 Å². The van der Waals surface area contributed by atoms with Gasteiger partial charge in [0.1, 0.15) is 11.6 Å². The highest BCUT2D eigenvalue weighted by Crippen LogP contribution is 2.23. The molecule has 20 heavy (non-hydrogen) atoms. The lowest BCUT2D eigenvalue weighted by Gasteiger charge is -2.26. The molecule has 0 amide bonds. The minimum absolute atomic E-state index is 0.0573. The zero-order valence-corrected chi connectivity index (χ0v) is 13.3. The van der Waals surface area contributed by atoms with Gasteiger partial charge in [-0.3, -0.25) is 10.00 Å². The number of aryl methyl sites for hydroxylation is 1. The summed E-state index contributed by atoms with van der Waals surface area (Å²) in [7, 11) is 1.97. The number of aromatic nitrogens is 3. The van der Waals surface area contributed by atoms with Crippen molar-refractivity contribution in [2.75, 3.05) is 13.7 Å². The Hall–Kier alpha value is -1.24. The topological polar surface area (TPSA) is 65.0 Å². The summed E-state index contributed by atoms with van der Waals surface area (Å²) in [6.45, 7) is 2.70. The number of likely N-dealkylation sites (N-methyl/N-ethyl adjacent to an activating group) is 1. The molecule has 0 aliphatic rings. The molecule has 0 fully saturated rings. The van der Waals surface area contributed by atoms with Crippen molar-refractivity contribution in [3.63, 3.8) is 0 Å². The van der Waals surface area contributed by atoms with Crippen LogP contribution in [0.25, 0.3) is 0 Å². The molecule has 1 atom stereocenters. The van der Waals surface area contributed by atoms with E-state index in [0.717, 1.165) is 28.1 Å². The number of nitrogens with zero attached hydrogens (tertiary/aromatic N) is 3. The Balaban J connectivity index is 2.10. The highest BCUT2D eigenvalue weighted by Gasteiger charge is 2.17. The van der Waals surface area contributed by atoms with Crippen molar-refractivity contribution in [1.29, 1.82) is 0 Å². The third-order valence-electron chi connectivity index (χ3n) is 3.23. The van der Waals surface area contributed by atoms with Gasteiger partial charge in [-0.25, -0.2) is 4.98 Å². The third kappa shape index (κ3) is 3.65. The van der Waals surface area contributed by atoms with Gasteiger partial charge in [0.15, 0.2) is 0 Å². The Morgan fingerprint density at radius 3 is 2.85 bits per heavy atom. The number of nitrogens with one attached hydrogen (secondary N) is 1. The number of H-pyrrole nitrogens is 1. The summed E-state index contributed by atoms with van der Waals surface area (Å²) in [5.41, 5.74) is 1.07. The molecule has 108 valence electrons. The van der Waals surface area contributed by atoms with Crippen LogP contribution in [0.2, 0.25) is 0 Å². The lowest BCUT2D eigenvalue weighted by molar-refractivity contribution is 0.140. The second kappa shape index (κ2) is 6.97. The number of halogens is 1. The van der Waals surface area contributed by atoms with Crippen molar-refractivity contribution in [2.24, 2.45) is 0 Å². The minimum Gasteiger partial charge on any atom is -0.394 e. The summed E-state index contributed by atoms with van der Waals surface area (Å²) in [5, 5.41) is 16.7. The van der Waals surface area contributed by atoms with E-state index < -0.39 is 0 Å². The molecule has 5 nitrogen and oxygen atoms in total. The summed E-state index contributed by atoms with van der Waals surface area (Å²) in [5.74, 6) is 1.63. The predicted molar refractivity (Wildman–Crippen MR) is 81.2 cm³/mol. The van der Waals surface area contributed by atoms with Gasteiger partial charge in [0.2, 0.25) is 0 Å². The van der Waals surface area contributed by atoms with Crippen LogP contribution in [-0.2, 0) is 13.0 Å². The first-order chi connectivity index (χ1) is 9.63. The molecule has 1 aromatic heterocycles. The molecular weight excluding hydrogens is 320 g/mol. The molecule has 2 N–H and O–H groups in total. The van der Waals surface area contributed by atoms with Crippen LogP contribution in [0, 0.1) is 0 Å². The summed E-state index contributed by atoms with van der Waals surface area (Å²) >= 11 is 3.46. The number of rotatable bonds is 6. The molecule has 0 unspecified atom stereocenters.